The van der Waals surface area contributed by atoms with Gasteiger partial charge in [0.05, 0.1) is 0 Å². The normalized spacial score (nSPS) is 10.7. The van der Waals surface area contributed by atoms with Crippen LogP contribution in [-0.4, -0.2) is 11.9 Å². The molecule has 0 aliphatic rings. The van der Waals surface area contributed by atoms with E-state index in [0.717, 1.165) is 33.7 Å². The fourth-order valence-corrected chi connectivity index (χ4v) is 3.47. The molecule has 4 aromatic rings. The van der Waals surface area contributed by atoms with Crippen LogP contribution in [0.1, 0.15) is 32.6 Å². The van der Waals surface area contributed by atoms with Crippen LogP contribution in [0.15, 0.2) is 103 Å². The Labute approximate surface area is 211 Å². The maximum Gasteiger partial charge on any atom is 0.336 e. The van der Waals surface area contributed by atoms with Crippen molar-refractivity contribution in [3.63, 3.8) is 0 Å². The molecule has 36 heavy (non-hydrogen) atoms. The fraction of sp³-hybridized carbons (Fsp3) is 0.0968. The smallest absolute Gasteiger partial charge is 0.336 e. The summed E-state index contributed by atoms with van der Waals surface area (Å²) in [4.78, 5) is 24.8. The summed E-state index contributed by atoms with van der Waals surface area (Å²) in [6, 6.07) is 29.7. The van der Waals surface area contributed by atoms with Crippen LogP contribution in [0.25, 0.3) is 6.08 Å². The Balaban J connectivity index is 1.28. The van der Waals surface area contributed by atoms with Gasteiger partial charge in [0.2, 0.25) is 0 Å². The number of esters is 1. The lowest BCUT2D eigenvalue weighted by molar-refractivity contribution is -0.128. The molecule has 180 valence electrons. The van der Waals surface area contributed by atoms with Gasteiger partial charge in [-0.15, -0.1) is 0 Å². The van der Waals surface area contributed by atoms with Gasteiger partial charge in [-0.2, -0.15) is 0 Å². The molecular formula is C31H27NO4. The average molecular weight is 478 g/mol. The predicted molar refractivity (Wildman–Crippen MR) is 142 cm³/mol. The van der Waals surface area contributed by atoms with Gasteiger partial charge in [-0.25, -0.2) is 4.79 Å². The number of hydrogen-bond acceptors (Lipinski definition) is 4. The summed E-state index contributed by atoms with van der Waals surface area (Å²) >= 11 is 0. The molecule has 4 aromatic carbocycles. The third-order valence-corrected chi connectivity index (χ3v) is 5.52. The second-order valence-corrected chi connectivity index (χ2v) is 8.39. The molecule has 5 nitrogen and oxygen atoms in total. The summed E-state index contributed by atoms with van der Waals surface area (Å²) in [6.07, 6.45) is 3.04. The van der Waals surface area contributed by atoms with E-state index in [-0.39, 0.29) is 5.91 Å². The van der Waals surface area contributed by atoms with E-state index in [1.54, 1.807) is 30.3 Å². The van der Waals surface area contributed by atoms with Gasteiger partial charge in [0.25, 0.3) is 5.91 Å². The topological polar surface area (TPSA) is 64.6 Å². The molecular weight excluding hydrogens is 450 g/mol. The zero-order chi connectivity index (χ0) is 25.3. The van der Waals surface area contributed by atoms with Gasteiger partial charge in [0.15, 0.2) is 0 Å². The molecule has 0 atom stereocenters. The van der Waals surface area contributed by atoms with Crippen LogP contribution in [0.3, 0.4) is 0 Å². The molecule has 0 saturated heterocycles. The monoisotopic (exact) mass is 477 g/mol. The third-order valence-electron chi connectivity index (χ3n) is 5.52. The number of carbonyl (C=O) groups excluding carboxylic acids is 2. The van der Waals surface area contributed by atoms with Gasteiger partial charge in [-0.05, 0) is 84.6 Å². The minimum absolute atomic E-state index is 0.224. The Morgan fingerprint density at radius 2 is 1.50 bits per heavy atom. The SMILES string of the molecule is Cc1ccc(C)c(NC(=O)c2ccc(OC(=O)/C=C/c3ccc(OCc4ccccc4)cc3)cc2)c1. The highest BCUT2D eigenvalue weighted by Gasteiger charge is 2.09. The van der Waals surface area contributed by atoms with Crippen LogP contribution in [-0.2, 0) is 11.4 Å². The van der Waals surface area contributed by atoms with Crippen molar-refractivity contribution in [2.24, 2.45) is 0 Å². The van der Waals surface area contributed by atoms with Crippen molar-refractivity contribution in [1.29, 1.82) is 0 Å². The highest BCUT2D eigenvalue weighted by molar-refractivity contribution is 6.04. The molecule has 0 aliphatic heterocycles. The predicted octanol–water partition coefficient (Wildman–Crippen LogP) is 6.75. The highest BCUT2D eigenvalue weighted by Crippen LogP contribution is 2.19. The first kappa shape index (κ1) is 24.5. The van der Waals surface area contributed by atoms with Crippen LogP contribution in [0, 0.1) is 13.8 Å². The van der Waals surface area contributed by atoms with Gasteiger partial charge in [0, 0.05) is 17.3 Å². The minimum Gasteiger partial charge on any atom is -0.489 e. The van der Waals surface area contributed by atoms with E-state index in [9.17, 15) is 9.59 Å². The van der Waals surface area contributed by atoms with Crippen LogP contribution in [0.2, 0.25) is 0 Å². The first-order chi connectivity index (χ1) is 17.5. The molecule has 0 aliphatic carbocycles. The van der Waals surface area contributed by atoms with E-state index in [4.69, 9.17) is 9.47 Å². The fourth-order valence-electron chi connectivity index (χ4n) is 3.47. The largest absolute Gasteiger partial charge is 0.489 e. The van der Waals surface area contributed by atoms with Crippen molar-refractivity contribution >= 4 is 23.6 Å². The van der Waals surface area contributed by atoms with E-state index in [1.807, 2.05) is 86.6 Å². The van der Waals surface area contributed by atoms with Crippen molar-refractivity contribution in [1.82, 2.24) is 0 Å². The van der Waals surface area contributed by atoms with Crippen LogP contribution >= 0.6 is 0 Å². The van der Waals surface area contributed by atoms with Crippen LogP contribution in [0.5, 0.6) is 11.5 Å². The minimum atomic E-state index is -0.507. The number of benzene rings is 4. The van der Waals surface area contributed by atoms with Crippen molar-refractivity contribution in [2.45, 2.75) is 20.5 Å². The molecule has 0 aromatic heterocycles. The first-order valence-electron chi connectivity index (χ1n) is 11.6. The highest BCUT2D eigenvalue weighted by atomic mass is 16.5. The van der Waals surface area contributed by atoms with Crippen molar-refractivity contribution < 1.29 is 19.1 Å². The number of aryl methyl sites for hydroxylation is 2. The lowest BCUT2D eigenvalue weighted by atomic mass is 10.1. The molecule has 1 amide bonds. The number of amides is 1. The van der Waals surface area contributed by atoms with E-state index < -0.39 is 5.97 Å². The number of anilines is 1. The molecule has 0 bridgehead atoms. The van der Waals surface area contributed by atoms with E-state index in [0.29, 0.717) is 17.9 Å². The Kier molecular flexibility index (Phi) is 7.94. The van der Waals surface area contributed by atoms with E-state index >= 15 is 0 Å². The number of carbonyl (C=O) groups is 2. The van der Waals surface area contributed by atoms with Crippen molar-refractivity contribution in [2.75, 3.05) is 5.32 Å². The Morgan fingerprint density at radius 1 is 0.806 bits per heavy atom. The molecule has 1 N–H and O–H groups in total. The molecule has 0 fully saturated rings. The number of ether oxygens (including phenoxy) is 2. The molecule has 0 unspecified atom stereocenters. The van der Waals surface area contributed by atoms with Crippen molar-refractivity contribution in [3.8, 4) is 11.5 Å². The molecule has 0 spiro atoms. The number of rotatable bonds is 8. The molecule has 0 radical (unpaired) electrons. The van der Waals surface area contributed by atoms with Crippen LogP contribution < -0.4 is 14.8 Å². The summed E-state index contributed by atoms with van der Waals surface area (Å²) in [5.41, 5.74) is 5.24. The second-order valence-electron chi connectivity index (χ2n) is 8.39. The molecule has 5 heteroatoms. The Bertz CT molecular complexity index is 1360. The zero-order valence-corrected chi connectivity index (χ0v) is 20.2. The lowest BCUT2D eigenvalue weighted by Gasteiger charge is -2.10. The standard InChI is InChI=1S/C31H27NO4/c1-22-8-9-23(2)29(20-22)32-31(34)26-13-17-28(18-14-26)36-30(33)19-12-24-10-15-27(16-11-24)35-21-25-6-4-3-5-7-25/h3-20H,21H2,1-2H3,(H,32,34)/b19-12+. The third kappa shape index (κ3) is 6.93. The lowest BCUT2D eigenvalue weighted by Crippen LogP contribution is -2.13. The van der Waals surface area contributed by atoms with E-state index in [1.165, 1.54) is 6.08 Å². The van der Waals surface area contributed by atoms with Crippen LogP contribution in [0.4, 0.5) is 5.69 Å². The maximum atomic E-state index is 12.6. The second kappa shape index (κ2) is 11.7. The summed E-state index contributed by atoms with van der Waals surface area (Å²) in [5, 5.41) is 2.92. The Morgan fingerprint density at radius 3 is 2.22 bits per heavy atom. The zero-order valence-electron chi connectivity index (χ0n) is 20.2. The molecule has 4 rings (SSSR count). The quantitative estimate of drug-likeness (QED) is 0.173. The van der Waals surface area contributed by atoms with Gasteiger partial charge in [-0.1, -0.05) is 54.6 Å². The van der Waals surface area contributed by atoms with E-state index in [2.05, 4.69) is 5.32 Å². The maximum absolute atomic E-state index is 12.6. The summed E-state index contributed by atoms with van der Waals surface area (Å²) < 4.78 is 11.1. The number of nitrogens with one attached hydrogen (secondary N) is 1. The Hall–Kier alpha value is -4.64. The summed E-state index contributed by atoms with van der Waals surface area (Å²) in [7, 11) is 0. The van der Waals surface area contributed by atoms with Gasteiger partial charge >= 0.3 is 5.97 Å². The summed E-state index contributed by atoms with van der Waals surface area (Å²) in [6.45, 7) is 4.41. The van der Waals surface area contributed by atoms with Gasteiger partial charge in [0.1, 0.15) is 18.1 Å². The van der Waals surface area contributed by atoms with Gasteiger partial charge < -0.3 is 14.8 Å². The average Bonchev–Trinajstić information content (AvgIpc) is 2.90. The molecule has 0 heterocycles. The number of hydrogen-bond donors (Lipinski definition) is 1. The summed E-state index contributed by atoms with van der Waals surface area (Å²) in [5.74, 6) is 0.377. The van der Waals surface area contributed by atoms with Crippen molar-refractivity contribution in [3.05, 3.63) is 131 Å². The first-order valence-corrected chi connectivity index (χ1v) is 11.6. The molecule has 0 saturated carbocycles. The van der Waals surface area contributed by atoms with Gasteiger partial charge in [-0.3, -0.25) is 4.79 Å².